The van der Waals surface area contributed by atoms with Crippen LogP contribution in [0.1, 0.15) is 70.2 Å². The van der Waals surface area contributed by atoms with Crippen LogP contribution in [0.15, 0.2) is 29.2 Å². The van der Waals surface area contributed by atoms with E-state index in [-0.39, 0.29) is 17.5 Å². The smallest absolute Gasteiger partial charge is 0.341 e. The average Bonchev–Trinajstić information content (AvgIpc) is 3.06. The van der Waals surface area contributed by atoms with Gasteiger partial charge in [0.1, 0.15) is 5.00 Å². The highest BCUT2D eigenvalue weighted by molar-refractivity contribution is 7.89. The van der Waals surface area contributed by atoms with Crippen molar-refractivity contribution in [3.8, 4) is 0 Å². The molecule has 2 aromatic rings. The molecular weight excluding hydrogens is 448 g/mol. The van der Waals surface area contributed by atoms with Crippen molar-refractivity contribution in [2.75, 3.05) is 19.0 Å². The molecule has 32 heavy (non-hydrogen) atoms. The second-order valence-corrected chi connectivity index (χ2v) is 11.2. The summed E-state index contributed by atoms with van der Waals surface area (Å²) in [5.74, 6) is -0.891. The van der Waals surface area contributed by atoms with Crippen molar-refractivity contribution < 1.29 is 22.7 Å². The number of anilines is 1. The molecule has 1 aromatic carbocycles. The molecule has 0 atom stereocenters. The van der Waals surface area contributed by atoms with Gasteiger partial charge in [0.15, 0.2) is 0 Å². The number of thiophene rings is 1. The first-order valence-corrected chi connectivity index (χ1v) is 13.1. The van der Waals surface area contributed by atoms with Gasteiger partial charge < -0.3 is 10.1 Å². The Bertz CT molecular complexity index is 1080. The third-order valence-electron chi connectivity index (χ3n) is 5.97. The van der Waals surface area contributed by atoms with Crippen molar-refractivity contribution in [2.24, 2.45) is 0 Å². The van der Waals surface area contributed by atoms with Crippen LogP contribution < -0.4 is 5.32 Å². The fraction of sp³-hybridized carbons (Fsp3) is 0.478. The van der Waals surface area contributed by atoms with Gasteiger partial charge in [-0.1, -0.05) is 19.3 Å². The Morgan fingerprint density at radius 1 is 1.12 bits per heavy atom. The van der Waals surface area contributed by atoms with Crippen LogP contribution in [0.4, 0.5) is 5.00 Å². The molecule has 0 spiro atoms. The lowest BCUT2D eigenvalue weighted by Gasteiger charge is -2.30. The Balaban J connectivity index is 1.77. The van der Waals surface area contributed by atoms with E-state index in [2.05, 4.69) is 5.32 Å². The summed E-state index contributed by atoms with van der Waals surface area (Å²) >= 11 is 1.31. The van der Waals surface area contributed by atoms with E-state index in [1.165, 1.54) is 39.9 Å². The number of amides is 1. The Morgan fingerprint density at radius 2 is 1.75 bits per heavy atom. The van der Waals surface area contributed by atoms with E-state index in [0.29, 0.717) is 16.1 Å². The van der Waals surface area contributed by atoms with Crippen LogP contribution in [0.2, 0.25) is 0 Å². The molecule has 0 aliphatic heterocycles. The first kappa shape index (κ1) is 24.4. The zero-order valence-corrected chi connectivity index (χ0v) is 20.6. The minimum atomic E-state index is -3.62. The SMILES string of the molecule is CCOC(=O)c1c(NC(=O)c2ccc(S(=O)(=O)N(C)C3CCCCC3)cc2)sc(C)c1C. The van der Waals surface area contributed by atoms with Gasteiger partial charge in [0.2, 0.25) is 10.0 Å². The second kappa shape index (κ2) is 10.1. The Hall–Kier alpha value is -2.23. The van der Waals surface area contributed by atoms with E-state index >= 15 is 0 Å². The van der Waals surface area contributed by atoms with Crippen LogP contribution in [0, 0.1) is 13.8 Å². The monoisotopic (exact) mass is 478 g/mol. The normalized spacial score (nSPS) is 15.0. The number of nitrogens with one attached hydrogen (secondary N) is 1. The Morgan fingerprint density at radius 3 is 2.34 bits per heavy atom. The molecule has 174 valence electrons. The van der Waals surface area contributed by atoms with Crippen LogP contribution in [0.25, 0.3) is 0 Å². The zero-order chi connectivity index (χ0) is 23.5. The maximum Gasteiger partial charge on any atom is 0.341 e. The molecule has 0 bridgehead atoms. The molecule has 1 N–H and O–H groups in total. The summed E-state index contributed by atoms with van der Waals surface area (Å²) in [6.07, 6.45) is 4.98. The number of hydrogen-bond donors (Lipinski definition) is 1. The number of hydrogen-bond acceptors (Lipinski definition) is 6. The number of benzene rings is 1. The standard InChI is InChI=1S/C23H30N2O5S2/c1-5-30-23(27)20-15(2)16(3)31-22(20)24-21(26)17-11-13-19(14-12-17)32(28,29)25(4)18-9-7-6-8-10-18/h11-14,18H,5-10H2,1-4H3,(H,24,26). The molecule has 0 unspecified atom stereocenters. The molecule has 3 rings (SSSR count). The third-order valence-corrected chi connectivity index (χ3v) is 9.02. The number of carbonyl (C=O) groups is 2. The average molecular weight is 479 g/mol. The van der Waals surface area contributed by atoms with E-state index in [0.717, 1.165) is 42.5 Å². The summed E-state index contributed by atoms with van der Waals surface area (Å²) in [5.41, 5.74) is 1.44. The highest BCUT2D eigenvalue weighted by Gasteiger charge is 2.29. The summed E-state index contributed by atoms with van der Waals surface area (Å²) in [6, 6.07) is 5.92. The van der Waals surface area contributed by atoms with Gasteiger partial charge >= 0.3 is 5.97 Å². The second-order valence-electron chi connectivity index (χ2n) is 8.00. The van der Waals surface area contributed by atoms with Gasteiger partial charge in [0, 0.05) is 23.5 Å². The predicted octanol–water partition coefficient (Wildman–Crippen LogP) is 4.75. The molecule has 1 aromatic heterocycles. The molecule has 0 saturated heterocycles. The maximum absolute atomic E-state index is 13.0. The molecule has 9 heteroatoms. The van der Waals surface area contributed by atoms with Crippen LogP contribution >= 0.6 is 11.3 Å². The number of aryl methyl sites for hydroxylation is 1. The number of ether oxygens (including phenoxy) is 1. The van der Waals surface area contributed by atoms with Gasteiger partial charge in [-0.25, -0.2) is 13.2 Å². The quantitative estimate of drug-likeness (QED) is 0.580. The highest BCUT2D eigenvalue weighted by Crippen LogP contribution is 2.33. The van der Waals surface area contributed by atoms with Gasteiger partial charge in [0.05, 0.1) is 17.1 Å². The molecule has 1 amide bonds. The molecule has 7 nitrogen and oxygen atoms in total. The first-order chi connectivity index (χ1) is 15.2. The number of nitrogens with zero attached hydrogens (tertiary/aromatic N) is 1. The summed E-state index contributed by atoms with van der Waals surface area (Å²) in [4.78, 5) is 26.2. The Kier molecular flexibility index (Phi) is 7.74. The van der Waals surface area contributed by atoms with Crippen molar-refractivity contribution >= 4 is 38.2 Å². The zero-order valence-electron chi connectivity index (χ0n) is 18.9. The third kappa shape index (κ3) is 5.05. The molecule has 1 heterocycles. The summed E-state index contributed by atoms with van der Waals surface area (Å²) < 4.78 is 32.6. The molecule has 1 fully saturated rings. The van der Waals surface area contributed by atoms with E-state index in [9.17, 15) is 18.0 Å². The topological polar surface area (TPSA) is 92.8 Å². The fourth-order valence-electron chi connectivity index (χ4n) is 3.92. The van der Waals surface area contributed by atoms with Gasteiger partial charge in [0.25, 0.3) is 5.91 Å². The number of carbonyl (C=O) groups excluding carboxylic acids is 2. The predicted molar refractivity (Wildman–Crippen MR) is 126 cm³/mol. The van der Waals surface area contributed by atoms with Gasteiger partial charge in [-0.3, -0.25) is 4.79 Å². The van der Waals surface area contributed by atoms with E-state index in [4.69, 9.17) is 4.74 Å². The van der Waals surface area contributed by atoms with E-state index < -0.39 is 21.9 Å². The lowest BCUT2D eigenvalue weighted by Crippen LogP contribution is -2.38. The molecule has 1 aliphatic carbocycles. The number of sulfonamides is 1. The van der Waals surface area contributed by atoms with Crippen molar-refractivity contribution in [2.45, 2.75) is 63.8 Å². The van der Waals surface area contributed by atoms with Crippen molar-refractivity contribution in [3.63, 3.8) is 0 Å². The summed E-state index contributed by atoms with van der Waals surface area (Å²) in [5, 5.41) is 3.21. The van der Waals surface area contributed by atoms with Crippen molar-refractivity contribution in [3.05, 3.63) is 45.8 Å². The molecule has 1 aliphatic rings. The van der Waals surface area contributed by atoms with E-state index in [1.54, 1.807) is 14.0 Å². The van der Waals surface area contributed by atoms with Crippen molar-refractivity contribution in [1.82, 2.24) is 4.31 Å². The fourth-order valence-corrected chi connectivity index (χ4v) is 6.38. The largest absolute Gasteiger partial charge is 0.462 e. The van der Waals surface area contributed by atoms with Crippen LogP contribution in [0.5, 0.6) is 0 Å². The number of esters is 1. The van der Waals surface area contributed by atoms with Crippen molar-refractivity contribution in [1.29, 1.82) is 0 Å². The lowest BCUT2D eigenvalue weighted by atomic mass is 9.96. The first-order valence-electron chi connectivity index (χ1n) is 10.8. The van der Waals surface area contributed by atoms with Crippen LogP contribution in [-0.4, -0.2) is 44.3 Å². The molecule has 1 saturated carbocycles. The molecular formula is C23H30N2O5S2. The summed E-state index contributed by atoms with van der Waals surface area (Å²) in [7, 11) is -1.99. The van der Waals surface area contributed by atoms with Gasteiger partial charge in [-0.2, -0.15) is 4.31 Å². The van der Waals surface area contributed by atoms with E-state index in [1.807, 2.05) is 13.8 Å². The minimum Gasteiger partial charge on any atom is -0.462 e. The summed E-state index contributed by atoms with van der Waals surface area (Å²) in [6.45, 7) is 5.66. The maximum atomic E-state index is 13.0. The number of rotatable bonds is 7. The van der Waals surface area contributed by atoms with Gasteiger partial charge in [-0.05, 0) is 63.4 Å². The minimum absolute atomic E-state index is 0.0170. The van der Waals surface area contributed by atoms with Crippen LogP contribution in [-0.2, 0) is 14.8 Å². The van der Waals surface area contributed by atoms with Gasteiger partial charge in [-0.15, -0.1) is 11.3 Å². The van der Waals surface area contributed by atoms with Crippen LogP contribution in [0.3, 0.4) is 0 Å². The Labute approximate surface area is 193 Å². The molecule has 0 radical (unpaired) electrons. The lowest BCUT2D eigenvalue weighted by molar-refractivity contribution is 0.0527. The highest BCUT2D eigenvalue weighted by atomic mass is 32.2.